The number of rotatable bonds is 2. The molecule has 4 heteroatoms. The zero-order chi connectivity index (χ0) is 10.1. The molecule has 3 nitrogen and oxygen atoms in total. The summed E-state index contributed by atoms with van der Waals surface area (Å²) in [7, 11) is 2.01. The van der Waals surface area contributed by atoms with Crippen molar-refractivity contribution < 1.29 is 0 Å². The Balaban J connectivity index is 2.58. The van der Waals surface area contributed by atoms with Gasteiger partial charge in [-0.1, -0.05) is 0 Å². The normalized spacial score (nSPS) is 10.8. The summed E-state index contributed by atoms with van der Waals surface area (Å²) in [5.74, 6) is 0.814. The van der Waals surface area contributed by atoms with Gasteiger partial charge in [0, 0.05) is 18.1 Å². The topological polar surface area (TPSA) is 29.9 Å². The monoisotopic (exact) mass is 209 g/mol. The van der Waals surface area contributed by atoms with Gasteiger partial charge in [0.05, 0.1) is 6.00 Å². The average molecular weight is 210 g/mol. The molecule has 2 aromatic rings. The van der Waals surface area contributed by atoms with Gasteiger partial charge in [-0.2, -0.15) is 0 Å². The Morgan fingerprint density at radius 2 is 2.29 bits per heavy atom. The van der Waals surface area contributed by atoms with Crippen molar-refractivity contribution in [2.24, 2.45) is 7.05 Å². The van der Waals surface area contributed by atoms with Gasteiger partial charge in [-0.3, -0.25) is 0 Å². The van der Waals surface area contributed by atoms with Gasteiger partial charge in [-0.05, 0) is 25.1 Å². The maximum Gasteiger partial charge on any atom is 0.142 e. The number of hydrogen-bond donors (Lipinski definition) is 1. The van der Waals surface area contributed by atoms with Crippen molar-refractivity contribution in [3.8, 4) is 0 Å². The summed E-state index contributed by atoms with van der Waals surface area (Å²) in [6, 6.07) is 6.48. The lowest BCUT2D eigenvalue weighted by atomic mass is 10.3. The van der Waals surface area contributed by atoms with E-state index in [1.54, 1.807) is 0 Å². The van der Waals surface area contributed by atoms with Gasteiger partial charge in [0.2, 0.25) is 0 Å². The summed E-state index contributed by atoms with van der Waals surface area (Å²) in [6.07, 6.45) is 0. The van der Waals surface area contributed by atoms with E-state index in [-0.39, 0.29) is 0 Å². The van der Waals surface area contributed by atoms with Crippen LogP contribution >= 0.6 is 11.6 Å². The Morgan fingerprint density at radius 1 is 1.50 bits per heavy atom. The van der Waals surface area contributed by atoms with Crippen LogP contribution in [0.3, 0.4) is 0 Å². The summed E-state index contributed by atoms with van der Waals surface area (Å²) in [4.78, 5) is 4.45. The number of alkyl halides is 1. The molecule has 0 aliphatic heterocycles. The maximum atomic E-state index is 5.57. The predicted molar refractivity (Wildman–Crippen MR) is 59.8 cm³/mol. The highest BCUT2D eigenvalue weighted by Crippen LogP contribution is 2.18. The molecule has 2 aromatic heterocycles. The average Bonchev–Trinajstić information content (AvgIpc) is 2.45. The van der Waals surface area contributed by atoms with E-state index >= 15 is 0 Å². The smallest absolute Gasteiger partial charge is 0.142 e. The van der Waals surface area contributed by atoms with Crippen LogP contribution < -0.4 is 5.32 Å². The van der Waals surface area contributed by atoms with Crippen molar-refractivity contribution in [3.05, 3.63) is 23.9 Å². The van der Waals surface area contributed by atoms with Crippen LogP contribution in [0.5, 0.6) is 0 Å². The van der Waals surface area contributed by atoms with E-state index in [2.05, 4.69) is 27.9 Å². The highest BCUT2D eigenvalue weighted by atomic mass is 35.5. The van der Waals surface area contributed by atoms with Gasteiger partial charge in [0.25, 0.3) is 0 Å². The number of halogens is 1. The number of aryl methyl sites for hydroxylation is 2. The molecule has 74 valence electrons. The summed E-state index contributed by atoms with van der Waals surface area (Å²) >= 11 is 5.57. The van der Waals surface area contributed by atoms with Gasteiger partial charge < -0.3 is 9.88 Å². The van der Waals surface area contributed by atoms with Crippen molar-refractivity contribution in [2.45, 2.75) is 6.92 Å². The fraction of sp³-hybridized carbons (Fsp3) is 0.300. The molecule has 14 heavy (non-hydrogen) atoms. The molecule has 2 heterocycles. The Labute approximate surface area is 87.7 Å². The molecule has 0 unspecified atom stereocenters. The Kier molecular flexibility index (Phi) is 2.33. The summed E-state index contributed by atoms with van der Waals surface area (Å²) < 4.78 is 2.06. The largest absolute Gasteiger partial charge is 0.357 e. The van der Waals surface area contributed by atoms with Crippen LogP contribution in [0.1, 0.15) is 5.69 Å². The minimum atomic E-state index is 0.377. The van der Waals surface area contributed by atoms with Crippen molar-refractivity contribution >= 4 is 28.5 Å². The van der Waals surface area contributed by atoms with Crippen LogP contribution in [0.4, 0.5) is 5.82 Å². The number of anilines is 1. The molecule has 2 rings (SSSR count). The fourth-order valence-corrected chi connectivity index (χ4v) is 1.63. The van der Waals surface area contributed by atoms with E-state index in [4.69, 9.17) is 11.6 Å². The molecule has 0 spiro atoms. The van der Waals surface area contributed by atoms with Crippen molar-refractivity contribution in [3.63, 3.8) is 0 Å². The third kappa shape index (κ3) is 1.44. The minimum Gasteiger partial charge on any atom is -0.357 e. The van der Waals surface area contributed by atoms with E-state index in [0.717, 1.165) is 16.9 Å². The van der Waals surface area contributed by atoms with Crippen LogP contribution in [0.15, 0.2) is 18.2 Å². The van der Waals surface area contributed by atoms with Crippen LogP contribution in [0.25, 0.3) is 11.0 Å². The van der Waals surface area contributed by atoms with Crippen LogP contribution in [0.2, 0.25) is 0 Å². The molecule has 0 radical (unpaired) electrons. The van der Waals surface area contributed by atoms with E-state index in [1.165, 1.54) is 5.69 Å². The van der Waals surface area contributed by atoms with Crippen LogP contribution in [-0.4, -0.2) is 15.6 Å². The second kappa shape index (κ2) is 3.50. The second-order valence-corrected chi connectivity index (χ2v) is 3.53. The molecule has 0 saturated carbocycles. The highest BCUT2D eigenvalue weighted by Gasteiger charge is 2.03. The number of pyridine rings is 1. The first kappa shape index (κ1) is 9.34. The summed E-state index contributed by atoms with van der Waals surface area (Å²) in [5.41, 5.74) is 2.19. The van der Waals surface area contributed by atoms with Gasteiger partial charge >= 0.3 is 0 Å². The number of fused-ring (bicyclic) bond motifs is 1. The molecule has 0 aromatic carbocycles. The number of aromatic nitrogens is 2. The summed E-state index contributed by atoms with van der Waals surface area (Å²) in [5, 5.41) is 4.13. The molecule has 0 aliphatic rings. The lowest BCUT2D eigenvalue weighted by molar-refractivity contribution is 0.902. The first-order valence-electron chi connectivity index (χ1n) is 4.45. The molecule has 0 amide bonds. The Hall–Kier alpha value is -1.22. The first-order chi connectivity index (χ1) is 6.72. The van der Waals surface area contributed by atoms with Crippen molar-refractivity contribution in [1.82, 2.24) is 9.55 Å². The van der Waals surface area contributed by atoms with Gasteiger partial charge in [0.1, 0.15) is 11.5 Å². The van der Waals surface area contributed by atoms with Gasteiger partial charge in [0.15, 0.2) is 0 Å². The predicted octanol–water partition coefficient (Wildman–Crippen LogP) is 2.49. The summed E-state index contributed by atoms with van der Waals surface area (Å²) in [6.45, 7) is 2.07. The molecule has 1 N–H and O–H groups in total. The third-order valence-electron chi connectivity index (χ3n) is 2.36. The quantitative estimate of drug-likeness (QED) is 0.609. The van der Waals surface area contributed by atoms with E-state index in [1.807, 2.05) is 19.2 Å². The molecular formula is C10H12ClN3. The maximum absolute atomic E-state index is 5.57. The van der Waals surface area contributed by atoms with E-state index in [9.17, 15) is 0 Å². The molecule has 0 bridgehead atoms. The molecule has 0 fully saturated rings. The number of nitrogens with one attached hydrogen (secondary N) is 1. The molecule has 0 atom stereocenters. The van der Waals surface area contributed by atoms with Gasteiger partial charge in [-0.15, -0.1) is 11.6 Å². The second-order valence-electron chi connectivity index (χ2n) is 3.26. The standard InChI is InChI=1S/C10H12ClN3/c1-7-5-8-3-4-9(12-6-11)13-10(8)14(7)2/h3-5H,6H2,1-2H3,(H,12,13). The van der Waals surface area contributed by atoms with Crippen molar-refractivity contribution in [2.75, 3.05) is 11.3 Å². The lowest BCUT2D eigenvalue weighted by Crippen LogP contribution is -1.99. The number of hydrogen-bond acceptors (Lipinski definition) is 2. The van der Waals surface area contributed by atoms with E-state index < -0.39 is 0 Å². The molecular weight excluding hydrogens is 198 g/mol. The fourth-order valence-electron chi connectivity index (χ4n) is 1.50. The minimum absolute atomic E-state index is 0.377. The zero-order valence-electron chi connectivity index (χ0n) is 8.21. The van der Waals surface area contributed by atoms with Gasteiger partial charge in [-0.25, -0.2) is 4.98 Å². The van der Waals surface area contributed by atoms with Crippen LogP contribution in [-0.2, 0) is 7.05 Å². The zero-order valence-corrected chi connectivity index (χ0v) is 8.97. The van der Waals surface area contributed by atoms with Crippen molar-refractivity contribution in [1.29, 1.82) is 0 Å². The van der Waals surface area contributed by atoms with Crippen LogP contribution in [0, 0.1) is 6.92 Å². The number of nitrogens with zero attached hydrogens (tertiary/aromatic N) is 2. The third-order valence-corrected chi connectivity index (χ3v) is 2.50. The SMILES string of the molecule is Cc1cc2ccc(NCCl)nc2n1C. The van der Waals surface area contributed by atoms with E-state index in [0.29, 0.717) is 6.00 Å². The molecule has 0 saturated heterocycles. The lowest BCUT2D eigenvalue weighted by Gasteiger charge is -2.02. The highest BCUT2D eigenvalue weighted by molar-refractivity contribution is 6.18. The Morgan fingerprint density at radius 3 is 3.00 bits per heavy atom. The molecule has 0 aliphatic carbocycles. The Bertz CT molecular complexity index is 462. The first-order valence-corrected chi connectivity index (χ1v) is 4.99.